The number of nitrogens with one attached hydrogen (secondary N) is 1. The molecule has 0 saturated carbocycles. The summed E-state index contributed by atoms with van der Waals surface area (Å²) in [5, 5.41) is 7.91. The Bertz CT molecular complexity index is 830. The summed E-state index contributed by atoms with van der Waals surface area (Å²) in [5.41, 5.74) is 2.56. The van der Waals surface area contributed by atoms with Crippen LogP contribution in [0.5, 0.6) is 0 Å². The average molecular weight is 360 g/mol. The molecule has 4 nitrogen and oxygen atoms in total. The van der Waals surface area contributed by atoms with Crippen LogP contribution >= 0.6 is 23.2 Å². The van der Waals surface area contributed by atoms with Gasteiger partial charge in [0.05, 0.1) is 16.3 Å². The third-order valence-electron chi connectivity index (χ3n) is 3.58. The lowest BCUT2D eigenvalue weighted by molar-refractivity contribution is 0.0954. The molecule has 0 unspecified atom stereocenters. The minimum Gasteiger partial charge on any atom is -0.352 e. The van der Waals surface area contributed by atoms with Crippen LogP contribution in [0.3, 0.4) is 0 Å². The summed E-state index contributed by atoms with van der Waals surface area (Å²) in [6, 6.07) is 14.8. The maximum Gasteiger partial charge on any atom is 0.252 e. The summed E-state index contributed by atoms with van der Waals surface area (Å²) in [5.74, 6) is -0.204. The number of amides is 1. The minimum absolute atomic E-state index is 0.204. The van der Waals surface area contributed by atoms with Gasteiger partial charge in [-0.3, -0.25) is 4.79 Å². The van der Waals surface area contributed by atoms with Crippen molar-refractivity contribution in [3.63, 3.8) is 0 Å². The third-order valence-corrected chi connectivity index (χ3v) is 4.13. The second-order valence-corrected chi connectivity index (χ2v) is 6.09. The Morgan fingerprint density at radius 1 is 1.12 bits per heavy atom. The molecule has 3 rings (SSSR count). The summed E-state index contributed by atoms with van der Waals surface area (Å²) < 4.78 is 1.80. The molecule has 122 valence electrons. The van der Waals surface area contributed by atoms with Gasteiger partial charge in [0.15, 0.2) is 0 Å². The van der Waals surface area contributed by atoms with Gasteiger partial charge in [0, 0.05) is 24.0 Å². The van der Waals surface area contributed by atoms with E-state index in [9.17, 15) is 4.79 Å². The second kappa shape index (κ2) is 7.51. The molecule has 0 saturated heterocycles. The number of carbonyl (C=O) groups excluding carboxylic acids is 1. The maximum atomic E-state index is 12.1. The predicted octanol–water partition coefficient (Wildman–Crippen LogP) is 4.15. The molecule has 0 radical (unpaired) electrons. The Labute approximate surface area is 150 Å². The number of nitrogens with zero attached hydrogens (tertiary/aromatic N) is 2. The van der Waals surface area contributed by atoms with Gasteiger partial charge in [-0.1, -0.05) is 35.3 Å². The summed E-state index contributed by atoms with van der Waals surface area (Å²) >= 11 is 11.9. The minimum atomic E-state index is -0.204. The van der Waals surface area contributed by atoms with Gasteiger partial charge in [-0.05, 0) is 48.4 Å². The largest absolute Gasteiger partial charge is 0.352 e. The van der Waals surface area contributed by atoms with Crippen LogP contribution in [0.25, 0.3) is 5.69 Å². The molecule has 1 heterocycles. The molecule has 0 aliphatic heterocycles. The average Bonchev–Trinajstić information content (AvgIpc) is 3.10. The molecule has 1 N–H and O–H groups in total. The Hall–Kier alpha value is -2.30. The Kier molecular flexibility index (Phi) is 5.18. The summed E-state index contributed by atoms with van der Waals surface area (Å²) in [4.78, 5) is 12.1. The quantitative estimate of drug-likeness (QED) is 0.743. The molecule has 0 spiro atoms. The van der Waals surface area contributed by atoms with E-state index >= 15 is 0 Å². The zero-order chi connectivity index (χ0) is 16.9. The number of aromatic nitrogens is 2. The van der Waals surface area contributed by atoms with Crippen molar-refractivity contribution in [2.75, 3.05) is 6.54 Å². The van der Waals surface area contributed by atoms with E-state index in [-0.39, 0.29) is 5.91 Å². The van der Waals surface area contributed by atoms with Crippen molar-refractivity contribution in [2.45, 2.75) is 6.42 Å². The molecule has 3 aromatic rings. The van der Waals surface area contributed by atoms with Crippen molar-refractivity contribution in [3.05, 3.63) is 82.1 Å². The van der Waals surface area contributed by atoms with Crippen LogP contribution in [0.4, 0.5) is 0 Å². The van der Waals surface area contributed by atoms with Crippen LogP contribution in [0.2, 0.25) is 10.0 Å². The van der Waals surface area contributed by atoms with Gasteiger partial charge in [0.2, 0.25) is 0 Å². The third kappa shape index (κ3) is 3.96. The fourth-order valence-electron chi connectivity index (χ4n) is 2.33. The van der Waals surface area contributed by atoms with Crippen LogP contribution in [0, 0.1) is 0 Å². The van der Waals surface area contributed by atoms with Gasteiger partial charge in [-0.25, -0.2) is 4.68 Å². The SMILES string of the molecule is O=C(NCCc1ccc(-n2cccn2)cc1)c1ccc(Cl)cc1Cl. The lowest BCUT2D eigenvalue weighted by atomic mass is 10.1. The van der Waals surface area contributed by atoms with Crippen LogP contribution in [0.1, 0.15) is 15.9 Å². The molecule has 6 heteroatoms. The molecule has 0 atom stereocenters. The van der Waals surface area contributed by atoms with Gasteiger partial charge in [-0.15, -0.1) is 0 Å². The first-order chi connectivity index (χ1) is 11.6. The maximum absolute atomic E-state index is 12.1. The van der Waals surface area contributed by atoms with Crippen LogP contribution < -0.4 is 5.32 Å². The summed E-state index contributed by atoms with van der Waals surface area (Å²) in [6.45, 7) is 0.527. The number of rotatable bonds is 5. The molecule has 1 amide bonds. The van der Waals surface area contributed by atoms with Crippen molar-refractivity contribution in [1.82, 2.24) is 15.1 Å². The summed E-state index contributed by atoms with van der Waals surface area (Å²) in [6.07, 6.45) is 4.37. The Morgan fingerprint density at radius 2 is 1.92 bits per heavy atom. The van der Waals surface area contributed by atoms with Crippen molar-refractivity contribution in [1.29, 1.82) is 0 Å². The van der Waals surface area contributed by atoms with Crippen LogP contribution in [0.15, 0.2) is 60.9 Å². The normalized spacial score (nSPS) is 10.6. The van der Waals surface area contributed by atoms with E-state index in [0.717, 1.165) is 17.7 Å². The standard InChI is InChI=1S/C18H15Cl2N3O/c19-14-4-7-16(17(20)12-14)18(24)21-10-8-13-2-5-15(6-3-13)23-11-1-9-22-23/h1-7,9,11-12H,8,10H2,(H,21,24). The monoisotopic (exact) mass is 359 g/mol. The van der Waals surface area contributed by atoms with Crippen molar-refractivity contribution >= 4 is 29.1 Å². The van der Waals surface area contributed by atoms with E-state index in [1.807, 2.05) is 36.5 Å². The molecule has 2 aromatic carbocycles. The first-order valence-electron chi connectivity index (χ1n) is 7.46. The fraction of sp³-hybridized carbons (Fsp3) is 0.111. The van der Waals surface area contributed by atoms with E-state index < -0.39 is 0 Å². The Balaban J connectivity index is 1.55. The topological polar surface area (TPSA) is 46.9 Å². The molecular weight excluding hydrogens is 345 g/mol. The number of halogens is 2. The van der Waals surface area contributed by atoms with Crippen LogP contribution in [-0.2, 0) is 6.42 Å². The first-order valence-corrected chi connectivity index (χ1v) is 8.21. The van der Waals surface area contributed by atoms with Gasteiger partial charge in [0.1, 0.15) is 0 Å². The fourth-order valence-corrected chi connectivity index (χ4v) is 2.82. The smallest absolute Gasteiger partial charge is 0.252 e. The highest BCUT2D eigenvalue weighted by Gasteiger charge is 2.10. The molecule has 1 aromatic heterocycles. The zero-order valence-electron chi connectivity index (χ0n) is 12.7. The van der Waals surface area contributed by atoms with Crippen molar-refractivity contribution in [2.24, 2.45) is 0 Å². The predicted molar refractivity (Wildman–Crippen MR) is 96.1 cm³/mol. The van der Waals surface area contributed by atoms with Crippen LogP contribution in [-0.4, -0.2) is 22.2 Å². The van der Waals surface area contributed by atoms with E-state index in [1.165, 1.54) is 0 Å². The molecule has 24 heavy (non-hydrogen) atoms. The van der Waals surface area contributed by atoms with Gasteiger partial charge in [-0.2, -0.15) is 5.10 Å². The molecule has 0 aliphatic carbocycles. The molecule has 0 aliphatic rings. The number of carbonyl (C=O) groups is 1. The second-order valence-electron chi connectivity index (χ2n) is 5.25. The zero-order valence-corrected chi connectivity index (χ0v) is 14.3. The van der Waals surface area contributed by atoms with Gasteiger partial charge in [0.25, 0.3) is 5.91 Å². The highest BCUT2D eigenvalue weighted by atomic mass is 35.5. The lowest BCUT2D eigenvalue weighted by Gasteiger charge is -2.08. The summed E-state index contributed by atoms with van der Waals surface area (Å²) in [7, 11) is 0. The molecule has 0 bridgehead atoms. The first kappa shape index (κ1) is 16.6. The van der Waals surface area contributed by atoms with Crippen molar-refractivity contribution in [3.8, 4) is 5.69 Å². The lowest BCUT2D eigenvalue weighted by Crippen LogP contribution is -2.25. The highest BCUT2D eigenvalue weighted by molar-refractivity contribution is 6.36. The number of benzene rings is 2. The van der Waals surface area contributed by atoms with Gasteiger partial charge >= 0.3 is 0 Å². The Morgan fingerprint density at radius 3 is 2.58 bits per heavy atom. The molecule has 0 fully saturated rings. The van der Waals surface area contributed by atoms with Gasteiger partial charge < -0.3 is 5.32 Å². The van der Waals surface area contributed by atoms with E-state index in [0.29, 0.717) is 22.2 Å². The van der Waals surface area contributed by atoms with E-state index in [1.54, 1.807) is 29.1 Å². The van der Waals surface area contributed by atoms with Crippen molar-refractivity contribution < 1.29 is 4.79 Å². The number of hydrogen-bond donors (Lipinski definition) is 1. The molecular formula is C18H15Cl2N3O. The number of hydrogen-bond acceptors (Lipinski definition) is 2. The van der Waals surface area contributed by atoms with E-state index in [4.69, 9.17) is 23.2 Å². The van der Waals surface area contributed by atoms with E-state index in [2.05, 4.69) is 10.4 Å². The highest BCUT2D eigenvalue weighted by Crippen LogP contribution is 2.20.